The number of carbonyl (C=O) groups excluding carboxylic acids is 2. The van der Waals surface area contributed by atoms with Crippen molar-refractivity contribution in [2.24, 2.45) is 0 Å². The first kappa shape index (κ1) is 22.7. The topological polar surface area (TPSA) is 65.1 Å². The van der Waals surface area contributed by atoms with Crippen LogP contribution in [-0.2, 0) is 4.79 Å². The number of thioether (sulfide) groups is 1. The van der Waals surface area contributed by atoms with E-state index in [-0.39, 0.29) is 24.3 Å². The normalized spacial score (nSPS) is 15.0. The molecule has 6 nitrogen and oxygen atoms in total. The van der Waals surface area contributed by atoms with Crippen LogP contribution in [0, 0.1) is 13.8 Å². The van der Waals surface area contributed by atoms with Gasteiger partial charge in [0.2, 0.25) is 0 Å². The molecule has 31 heavy (non-hydrogen) atoms. The van der Waals surface area contributed by atoms with E-state index in [1.165, 1.54) is 4.90 Å². The van der Waals surface area contributed by atoms with E-state index in [4.69, 9.17) is 14.2 Å². The van der Waals surface area contributed by atoms with E-state index in [1.807, 2.05) is 64.1 Å². The van der Waals surface area contributed by atoms with Crippen LogP contribution in [0.5, 0.6) is 17.2 Å². The lowest BCUT2D eigenvalue weighted by atomic mass is 10.1. The number of ether oxygens (including phenoxy) is 3. The maximum atomic E-state index is 12.8. The quantitative estimate of drug-likeness (QED) is 0.498. The number of hydrogen-bond donors (Lipinski definition) is 0. The second-order valence-corrected chi connectivity index (χ2v) is 8.02. The van der Waals surface area contributed by atoms with Gasteiger partial charge in [-0.1, -0.05) is 18.2 Å². The van der Waals surface area contributed by atoms with Crippen molar-refractivity contribution in [1.82, 2.24) is 4.90 Å². The predicted molar refractivity (Wildman–Crippen MR) is 123 cm³/mol. The average molecular weight is 442 g/mol. The van der Waals surface area contributed by atoms with Gasteiger partial charge in [0.15, 0.2) is 11.5 Å². The van der Waals surface area contributed by atoms with Gasteiger partial charge in [-0.15, -0.1) is 0 Å². The summed E-state index contributed by atoms with van der Waals surface area (Å²) in [5.41, 5.74) is 2.88. The number of nitrogens with zero attached hydrogens (tertiary/aromatic N) is 1. The van der Waals surface area contributed by atoms with E-state index >= 15 is 0 Å². The van der Waals surface area contributed by atoms with Crippen LogP contribution in [-0.4, -0.2) is 42.4 Å². The lowest BCUT2D eigenvalue weighted by molar-refractivity contribution is -0.123. The molecule has 0 saturated carbocycles. The van der Waals surface area contributed by atoms with Crippen LogP contribution in [0.15, 0.2) is 41.3 Å². The van der Waals surface area contributed by atoms with Crippen molar-refractivity contribution in [2.75, 3.05) is 26.4 Å². The second-order valence-electron chi connectivity index (χ2n) is 7.02. The second kappa shape index (κ2) is 10.4. The van der Waals surface area contributed by atoms with Crippen molar-refractivity contribution >= 4 is 29.0 Å². The summed E-state index contributed by atoms with van der Waals surface area (Å²) in [6, 6.07) is 11.4. The van der Waals surface area contributed by atoms with Gasteiger partial charge in [0.1, 0.15) is 12.4 Å². The van der Waals surface area contributed by atoms with Crippen LogP contribution in [0.3, 0.4) is 0 Å². The highest BCUT2D eigenvalue weighted by atomic mass is 32.2. The summed E-state index contributed by atoms with van der Waals surface area (Å²) >= 11 is 0.933. The van der Waals surface area contributed by atoms with Gasteiger partial charge in [-0.05, 0) is 80.4 Å². The molecule has 0 spiro atoms. The highest BCUT2D eigenvalue weighted by molar-refractivity contribution is 8.18. The summed E-state index contributed by atoms with van der Waals surface area (Å²) in [7, 11) is 0. The Morgan fingerprint density at radius 3 is 2.39 bits per heavy atom. The molecule has 1 heterocycles. The molecule has 0 atom stereocenters. The molecule has 1 aliphatic rings. The smallest absolute Gasteiger partial charge is 0.293 e. The standard InChI is InChI=1S/C24H27NO5S/c1-5-28-19-10-9-18(14-21(19)29-6-2)15-22-23(26)25(24(27)31-22)11-12-30-20-13-16(3)7-8-17(20)4/h7-10,13-15H,5-6,11-12H2,1-4H3/b22-15-. The zero-order valence-corrected chi connectivity index (χ0v) is 19.1. The van der Waals surface area contributed by atoms with Crippen LogP contribution in [0.2, 0.25) is 0 Å². The van der Waals surface area contributed by atoms with Crippen LogP contribution < -0.4 is 14.2 Å². The number of imide groups is 1. The molecular weight excluding hydrogens is 414 g/mol. The minimum Gasteiger partial charge on any atom is -0.491 e. The maximum absolute atomic E-state index is 12.8. The Labute approximate surface area is 187 Å². The summed E-state index contributed by atoms with van der Waals surface area (Å²) < 4.78 is 17.0. The third kappa shape index (κ3) is 5.61. The molecule has 0 unspecified atom stereocenters. The molecule has 3 rings (SSSR count). The molecule has 7 heteroatoms. The SMILES string of the molecule is CCOc1ccc(/C=C2\SC(=O)N(CCOc3cc(C)ccc3C)C2=O)cc1OCC. The van der Waals surface area contributed by atoms with Crippen LogP contribution in [0.1, 0.15) is 30.5 Å². The van der Waals surface area contributed by atoms with Crippen molar-refractivity contribution in [1.29, 1.82) is 0 Å². The molecular formula is C24H27NO5S. The number of hydrogen-bond acceptors (Lipinski definition) is 6. The third-order valence-electron chi connectivity index (χ3n) is 4.65. The van der Waals surface area contributed by atoms with Crippen molar-refractivity contribution in [3.05, 3.63) is 58.0 Å². The lowest BCUT2D eigenvalue weighted by Crippen LogP contribution is -2.32. The molecule has 0 bridgehead atoms. The van der Waals surface area contributed by atoms with Crippen molar-refractivity contribution in [3.8, 4) is 17.2 Å². The lowest BCUT2D eigenvalue weighted by Gasteiger charge is -2.14. The van der Waals surface area contributed by atoms with E-state index < -0.39 is 0 Å². The van der Waals surface area contributed by atoms with E-state index in [9.17, 15) is 9.59 Å². The van der Waals surface area contributed by atoms with Crippen molar-refractivity contribution in [3.63, 3.8) is 0 Å². The fourth-order valence-corrected chi connectivity index (χ4v) is 3.98. The monoisotopic (exact) mass is 441 g/mol. The Bertz CT molecular complexity index is 1000. The third-order valence-corrected chi connectivity index (χ3v) is 5.56. The number of amides is 2. The van der Waals surface area contributed by atoms with E-state index in [2.05, 4.69) is 0 Å². The number of aryl methyl sites for hydroxylation is 2. The zero-order chi connectivity index (χ0) is 22.4. The molecule has 0 N–H and O–H groups in total. The van der Waals surface area contributed by atoms with Gasteiger partial charge in [0, 0.05) is 0 Å². The molecule has 0 radical (unpaired) electrons. The summed E-state index contributed by atoms with van der Waals surface area (Å²) in [6.45, 7) is 9.23. The van der Waals surface area contributed by atoms with Gasteiger partial charge in [0.25, 0.3) is 11.1 Å². The van der Waals surface area contributed by atoms with E-state index in [1.54, 1.807) is 6.08 Å². The maximum Gasteiger partial charge on any atom is 0.293 e. The molecule has 1 fully saturated rings. The molecule has 1 saturated heterocycles. The molecule has 2 aromatic rings. The predicted octanol–water partition coefficient (Wildman–Crippen LogP) is 5.22. The first-order valence-electron chi connectivity index (χ1n) is 10.3. The highest BCUT2D eigenvalue weighted by Crippen LogP contribution is 2.34. The minimum absolute atomic E-state index is 0.197. The summed E-state index contributed by atoms with van der Waals surface area (Å²) in [6.07, 6.45) is 1.70. The van der Waals surface area contributed by atoms with Gasteiger partial charge in [-0.2, -0.15) is 0 Å². The zero-order valence-electron chi connectivity index (χ0n) is 18.3. The Morgan fingerprint density at radius 1 is 0.903 bits per heavy atom. The molecule has 2 amide bonds. The van der Waals surface area contributed by atoms with Gasteiger partial charge in [-0.25, -0.2) is 0 Å². The number of benzene rings is 2. The first-order valence-corrected chi connectivity index (χ1v) is 11.1. The molecule has 164 valence electrons. The van der Waals surface area contributed by atoms with Gasteiger partial charge in [0.05, 0.1) is 24.7 Å². The van der Waals surface area contributed by atoms with Crippen molar-refractivity contribution in [2.45, 2.75) is 27.7 Å². The van der Waals surface area contributed by atoms with Crippen LogP contribution in [0.4, 0.5) is 4.79 Å². The van der Waals surface area contributed by atoms with Gasteiger partial charge < -0.3 is 14.2 Å². The van der Waals surface area contributed by atoms with E-state index in [0.717, 1.165) is 34.2 Å². The fraction of sp³-hybridized carbons (Fsp3) is 0.333. The Morgan fingerprint density at radius 2 is 1.65 bits per heavy atom. The van der Waals surface area contributed by atoms with Crippen molar-refractivity contribution < 1.29 is 23.8 Å². The van der Waals surface area contributed by atoms with E-state index in [0.29, 0.717) is 29.6 Å². The fourth-order valence-electron chi connectivity index (χ4n) is 3.11. The largest absolute Gasteiger partial charge is 0.491 e. The molecule has 0 aromatic heterocycles. The molecule has 0 aliphatic carbocycles. The summed E-state index contributed by atoms with van der Waals surface area (Å²) in [5, 5.41) is -0.295. The molecule has 1 aliphatic heterocycles. The minimum atomic E-state index is -0.314. The average Bonchev–Trinajstić information content (AvgIpc) is 3.00. The van der Waals surface area contributed by atoms with Gasteiger partial charge in [-0.3, -0.25) is 14.5 Å². The summed E-state index contributed by atoms with van der Waals surface area (Å²) in [4.78, 5) is 26.8. The Kier molecular flexibility index (Phi) is 7.63. The highest BCUT2D eigenvalue weighted by Gasteiger charge is 2.34. The van der Waals surface area contributed by atoms with Crippen LogP contribution in [0.25, 0.3) is 6.08 Å². The summed E-state index contributed by atoms with van der Waals surface area (Å²) in [5.74, 6) is 1.71. The first-order chi connectivity index (χ1) is 14.9. The Balaban J connectivity index is 1.68. The molecule has 2 aromatic carbocycles. The number of rotatable bonds is 9. The van der Waals surface area contributed by atoms with Gasteiger partial charge >= 0.3 is 0 Å². The number of carbonyl (C=O) groups is 2. The van der Waals surface area contributed by atoms with Crippen LogP contribution >= 0.6 is 11.8 Å². The Hall–Kier alpha value is -2.93.